The van der Waals surface area contributed by atoms with Crippen LogP contribution >= 0.6 is 11.3 Å². The molecule has 1 aromatic carbocycles. The molecule has 170 valence electrons. The number of anilines is 1. The molecule has 0 aliphatic rings. The fourth-order valence-electron chi connectivity index (χ4n) is 3.82. The SMILES string of the molecule is COc1ccc(N(Cc2cccs2)C(=O)Cc2c(C)nn(-c3nc(C)cc(C)n3)c2C)cc1. The van der Waals surface area contributed by atoms with E-state index in [0.29, 0.717) is 12.5 Å². The average Bonchev–Trinajstić information content (AvgIpc) is 3.40. The number of aryl methyl sites for hydroxylation is 3. The predicted octanol–water partition coefficient (Wildman–Crippen LogP) is 4.74. The van der Waals surface area contributed by atoms with Crippen LogP contribution in [0.1, 0.15) is 33.2 Å². The lowest BCUT2D eigenvalue weighted by atomic mass is 10.1. The van der Waals surface area contributed by atoms with E-state index in [1.807, 2.05) is 80.4 Å². The van der Waals surface area contributed by atoms with Crippen molar-refractivity contribution in [3.63, 3.8) is 0 Å². The Balaban J connectivity index is 1.65. The predicted molar refractivity (Wildman–Crippen MR) is 130 cm³/mol. The van der Waals surface area contributed by atoms with Gasteiger partial charge in [-0.05, 0) is 69.5 Å². The summed E-state index contributed by atoms with van der Waals surface area (Å²) in [4.78, 5) is 25.6. The molecule has 4 aromatic rings. The monoisotopic (exact) mass is 461 g/mol. The molecule has 8 heteroatoms. The van der Waals surface area contributed by atoms with E-state index in [1.165, 1.54) is 0 Å². The molecule has 0 saturated heterocycles. The number of carbonyl (C=O) groups is 1. The number of benzene rings is 1. The lowest BCUT2D eigenvalue weighted by Crippen LogP contribution is -2.31. The minimum absolute atomic E-state index is 0.000609. The zero-order chi connectivity index (χ0) is 23.5. The Labute approximate surface area is 197 Å². The first kappa shape index (κ1) is 22.7. The maximum absolute atomic E-state index is 13.6. The standard InChI is InChI=1S/C25H27N5O2S/c1-16-13-17(2)27-25(26-16)30-19(4)23(18(3)28-30)14-24(31)29(15-22-7-6-12-33-22)20-8-10-21(32-5)11-9-20/h6-13H,14-15H2,1-5H3. The smallest absolute Gasteiger partial charge is 0.251 e. The summed E-state index contributed by atoms with van der Waals surface area (Å²) >= 11 is 1.64. The van der Waals surface area contributed by atoms with E-state index in [-0.39, 0.29) is 12.3 Å². The van der Waals surface area contributed by atoms with Gasteiger partial charge in [0.05, 0.1) is 25.8 Å². The molecular weight excluding hydrogens is 434 g/mol. The quantitative estimate of drug-likeness (QED) is 0.397. The summed E-state index contributed by atoms with van der Waals surface area (Å²) in [5.74, 6) is 1.28. The molecule has 7 nitrogen and oxygen atoms in total. The van der Waals surface area contributed by atoms with E-state index in [4.69, 9.17) is 4.74 Å². The van der Waals surface area contributed by atoms with Gasteiger partial charge in [-0.15, -0.1) is 11.3 Å². The van der Waals surface area contributed by atoms with Gasteiger partial charge in [-0.2, -0.15) is 5.10 Å². The highest BCUT2D eigenvalue weighted by molar-refractivity contribution is 7.09. The minimum Gasteiger partial charge on any atom is -0.497 e. The second-order valence-electron chi connectivity index (χ2n) is 7.95. The molecule has 33 heavy (non-hydrogen) atoms. The first-order valence-electron chi connectivity index (χ1n) is 10.7. The van der Waals surface area contributed by atoms with Gasteiger partial charge < -0.3 is 9.64 Å². The highest BCUT2D eigenvalue weighted by atomic mass is 32.1. The second-order valence-corrected chi connectivity index (χ2v) is 8.98. The summed E-state index contributed by atoms with van der Waals surface area (Å²) in [5.41, 5.74) is 5.15. The highest BCUT2D eigenvalue weighted by Crippen LogP contribution is 2.25. The summed E-state index contributed by atoms with van der Waals surface area (Å²) < 4.78 is 7.01. The number of nitrogens with zero attached hydrogens (tertiary/aromatic N) is 5. The molecule has 0 bridgehead atoms. The number of ether oxygens (including phenoxy) is 1. The van der Waals surface area contributed by atoms with Gasteiger partial charge in [0.15, 0.2) is 0 Å². The third kappa shape index (κ3) is 4.96. The van der Waals surface area contributed by atoms with Crippen LogP contribution in [0.25, 0.3) is 5.95 Å². The molecule has 3 heterocycles. The summed E-state index contributed by atoms with van der Waals surface area (Å²) in [5, 5.41) is 6.67. The summed E-state index contributed by atoms with van der Waals surface area (Å²) in [7, 11) is 1.63. The zero-order valence-electron chi connectivity index (χ0n) is 19.5. The number of hydrogen-bond acceptors (Lipinski definition) is 6. The van der Waals surface area contributed by atoms with Crippen LogP contribution in [0.3, 0.4) is 0 Å². The number of carbonyl (C=O) groups excluding carboxylic acids is 1. The fraction of sp³-hybridized carbons (Fsp3) is 0.280. The molecule has 0 atom stereocenters. The van der Waals surface area contributed by atoms with Crippen molar-refractivity contribution in [2.75, 3.05) is 12.0 Å². The van der Waals surface area contributed by atoms with Gasteiger partial charge in [-0.25, -0.2) is 14.6 Å². The molecule has 3 aromatic heterocycles. The maximum atomic E-state index is 13.6. The van der Waals surface area contributed by atoms with E-state index in [1.54, 1.807) is 23.1 Å². The van der Waals surface area contributed by atoms with Crippen molar-refractivity contribution >= 4 is 22.9 Å². The number of thiophene rings is 1. The van der Waals surface area contributed by atoms with E-state index in [0.717, 1.165) is 44.7 Å². The molecule has 0 unspecified atom stereocenters. The largest absolute Gasteiger partial charge is 0.497 e. The Morgan fingerprint density at radius 2 is 1.76 bits per heavy atom. The molecule has 1 amide bonds. The zero-order valence-corrected chi connectivity index (χ0v) is 20.3. The normalized spacial score (nSPS) is 10.9. The van der Waals surface area contributed by atoms with Crippen molar-refractivity contribution in [1.29, 1.82) is 0 Å². The van der Waals surface area contributed by atoms with Crippen LogP contribution in [0.2, 0.25) is 0 Å². The van der Waals surface area contributed by atoms with Gasteiger partial charge in [-0.1, -0.05) is 6.07 Å². The molecule has 0 aliphatic heterocycles. The molecule has 0 saturated carbocycles. The number of methoxy groups -OCH3 is 1. The van der Waals surface area contributed by atoms with Gasteiger partial charge in [0.1, 0.15) is 5.75 Å². The number of hydrogen-bond donors (Lipinski definition) is 0. The third-order valence-corrected chi connectivity index (χ3v) is 6.37. The van der Waals surface area contributed by atoms with Crippen molar-refractivity contribution in [3.8, 4) is 11.7 Å². The van der Waals surface area contributed by atoms with Crippen LogP contribution in [0, 0.1) is 27.7 Å². The van der Waals surface area contributed by atoms with Gasteiger partial charge in [-0.3, -0.25) is 4.79 Å². The van der Waals surface area contributed by atoms with Gasteiger partial charge in [0.2, 0.25) is 5.91 Å². The molecule has 4 rings (SSSR count). The van der Waals surface area contributed by atoms with Crippen molar-refractivity contribution in [2.45, 2.75) is 40.7 Å². The number of rotatable bonds is 7. The Hall–Kier alpha value is -3.52. The first-order valence-corrected chi connectivity index (χ1v) is 11.6. The maximum Gasteiger partial charge on any atom is 0.251 e. The van der Waals surface area contributed by atoms with Crippen molar-refractivity contribution < 1.29 is 9.53 Å². The Morgan fingerprint density at radius 1 is 1.06 bits per heavy atom. The lowest BCUT2D eigenvalue weighted by molar-refractivity contribution is -0.118. The van der Waals surface area contributed by atoms with E-state index in [2.05, 4.69) is 15.1 Å². The molecular formula is C25H27N5O2S. The minimum atomic E-state index is 0.000609. The summed E-state index contributed by atoms with van der Waals surface area (Å²) in [6, 6.07) is 13.5. The Bertz CT molecular complexity index is 1240. The molecule has 0 aliphatic carbocycles. The van der Waals surface area contributed by atoms with Gasteiger partial charge in [0.25, 0.3) is 5.95 Å². The fourth-order valence-corrected chi connectivity index (χ4v) is 4.51. The van der Waals surface area contributed by atoms with E-state index >= 15 is 0 Å². The van der Waals surface area contributed by atoms with Crippen molar-refractivity contribution in [2.24, 2.45) is 0 Å². The summed E-state index contributed by atoms with van der Waals surface area (Å²) in [6.45, 7) is 8.26. The Morgan fingerprint density at radius 3 is 2.36 bits per heavy atom. The van der Waals surface area contributed by atoms with Crippen molar-refractivity contribution in [3.05, 3.63) is 81.1 Å². The first-order chi connectivity index (χ1) is 15.9. The lowest BCUT2D eigenvalue weighted by Gasteiger charge is -2.23. The molecule has 0 N–H and O–H groups in total. The molecule has 0 radical (unpaired) electrons. The highest BCUT2D eigenvalue weighted by Gasteiger charge is 2.22. The van der Waals surface area contributed by atoms with Crippen LogP contribution in [0.5, 0.6) is 5.75 Å². The average molecular weight is 462 g/mol. The van der Waals surface area contributed by atoms with Crippen LogP contribution in [-0.2, 0) is 17.8 Å². The van der Waals surface area contributed by atoms with Crippen LogP contribution in [-0.4, -0.2) is 32.8 Å². The number of aromatic nitrogens is 4. The second kappa shape index (κ2) is 9.54. The summed E-state index contributed by atoms with van der Waals surface area (Å²) in [6.07, 6.45) is 0.236. The van der Waals surface area contributed by atoms with Crippen LogP contribution in [0.15, 0.2) is 47.8 Å². The number of amides is 1. The third-order valence-electron chi connectivity index (χ3n) is 5.51. The Kier molecular flexibility index (Phi) is 6.55. The van der Waals surface area contributed by atoms with E-state index < -0.39 is 0 Å². The molecule has 0 spiro atoms. The van der Waals surface area contributed by atoms with Crippen molar-refractivity contribution in [1.82, 2.24) is 19.7 Å². The van der Waals surface area contributed by atoms with Gasteiger partial charge >= 0.3 is 0 Å². The van der Waals surface area contributed by atoms with E-state index in [9.17, 15) is 4.79 Å². The molecule has 0 fully saturated rings. The topological polar surface area (TPSA) is 73.1 Å². The van der Waals surface area contributed by atoms with Crippen LogP contribution in [0.4, 0.5) is 5.69 Å². The van der Waals surface area contributed by atoms with Crippen LogP contribution < -0.4 is 9.64 Å². The van der Waals surface area contributed by atoms with Gasteiger partial charge in [0, 0.05) is 33.2 Å².